The molecule has 0 radical (unpaired) electrons. The Morgan fingerprint density at radius 2 is 1.40 bits per heavy atom. The quantitative estimate of drug-likeness (QED) is 0.384. The van der Waals surface area contributed by atoms with Crippen molar-refractivity contribution in [3.63, 3.8) is 0 Å². The molecule has 1 aromatic heterocycles. The molecule has 10 heavy (non-hydrogen) atoms. The maximum absolute atomic E-state index is 11.0. The Kier molecular flexibility index (Phi) is 1.59. The Hall–Kier alpha value is -0.728. The highest BCUT2D eigenvalue weighted by molar-refractivity contribution is 6.06. The number of hydrogen-bond acceptors (Lipinski definition) is 2. The average molecular weight is 157 g/mol. The highest BCUT2D eigenvalue weighted by atomic mass is 27.1. The summed E-state index contributed by atoms with van der Waals surface area (Å²) in [6, 6.07) is 0. The average Bonchev–Trinajstić information content (AvgIpc) is 2.07. The van der Waals surface area contributed by atoms with E-state index in [1.807, 2.05) is 0 Å². The van der Waals surface area contributed by atoms with Gasteiger partial charge in [-0.05, 0) is 0 Å². The molecule has 6 heteroatoms. The molecule has 0 saturated heterocycles. The Bertz CT molecular complexity index is 324. The predicted molar refractivity (Wildman–Crippen MR) is 38.9 cm³/mol. The summed E-state index contributed by atoms with van der Waals surface area (Å²) in [6.07, 6.45) is 0. The summed E-state index contributed by atoms with van der Waals surface area (Å²) in [7, 11) is 3.14. The molecule has 0 aliphatic rings. The standard InChI is InChI=1S/C4H7N3O2.Al.2H/c1-6-3(8)5-4(9)7(6)2;;;/h1-2H3,(H,5,8,9);;;/q;+1;;/p-1. The number of nitrogens with zero attached hydrogens (tertiary/aromatic N) is 3. The van der Waals surface area contributed by atoms with Crippen molar-refractivity contribution in [1.29, 1.82) is 0 Å². The Balaban J connectivity index is 3.77. The summed E-state index contributed by atoms with van der Waals surface area (Å²) in [6.45, 7) is 0. The van der Waals surface area contributed by atoms with E-state index < -0.39 is 0 Å². The molecule has 0 N–H and O–H groups in total. The smallest absolute Gasteiger partial charge is 0.348 e. The third kappa shape index (κ3) is 0.770. The van der Waals surface area contributed by atoms with E-state index in [4.69, 9.17) is 0 Å². The first kappa shape index (κ1) is 7.38. The molecule has 0 aromatic carbocycles. The fraction of sp³-hybridized carbons (Fsp3) is 0.500. The minimum Gasteiger partial charge on any atom is -0.348 e. The lowest BCUT2D eigenvalue weighted by Crippen LogP contribution is -2.26. The van der Waals surface area contributed by atoms with Gasteiger partial charge < -0.3 is 3.55 Å². The third-order valence-electron chi connectivity index (χ3n) is 1.58. The van der Waals surface area contributed by atoms with Gasteiger partial charge in [0.1, 0.15) is 0 Å². The van der Waals surface area contributed by atoms with Crippen LogP contribution in [-0.2, 0) is 14.1 Å². The molecule has 1 rings (SSSR count). The molecule has 0 unspecified atom stereocenters. The van der Waals surface area contributed by atoms with E-state index >= 15 is 0 Å². The van der Waals surface area contributed by atoms with Crippen molar-refractivity contribution >= 4 is 16.5 Å². The second-order valence-corrected chi connectivity index (χ2v) is 3.07. The lowest BCUT2D eigenvalue weighted by molar-refractivity contribution is 0.565. The van der Waals surface area contributed by atoms with Crippen LogP contribution in [-0.4, -0.2) is 29.4 Å². The molecule has 0 atom stereocenters. The van der Waals surface area contributed by atoms with E-state index in [0.29, 0.717) is 16.5 Å². The summed E-state index contributed by atoms with van der Waals surface area (Å²) >= 11 is 0.448. The van der Waals surface area contributed by atoms with Crippen LogP contribution < -0.4 is 11.4 Å². The minimum atomic E-state index is -0.237. The van der Waals surface area contributed by atoms with Gasteiger partial charge in [-0.1, -0.05) is 0 Å². The zero-order chi connectivity index (χ0) is 7.89. The van der Waals surface area contributed by atoms with Crippen LogP contribution in [0.1, 0.15) is 0 Å². The van der Waals surface area contributed by atoms with Crippen LogP contribution >= 0.6 is 0 Å². The van der Waals surface area contributed by atoms with Gasteiger partial charge in [-0.25, -0.2) is 19.0 Å². The SMILES string of the molecule is Cn1c(=O)[n]([AlH2])c(=O)n1C. The molecule has 0 amide bonds. The number of aromatic nitrogens is 3. The highest BCUT2D eigenvalue weighted by Gasteiger charge is 2.02. The zero-order valence-corrected chi connectivity index (χ0v) is 8.16. The normalized spacial score (nSPS) is 10.2. The first-order chi connectivity index (χ1) is 4.55. The van der Waals surface area contributed by atoms with Gasteiger partial charge in [0.2, 0.25) is 0 Å². The van der Waals surface area contributed by atoms with Gasteiger partial charge in [0.05, 0.1) is 0 Å². The van der Waals surface area contributed by atoms with Gasteiger partial charge in [0.25, 0.3) is 0 Å². The predicted octanol–water partition coefficient (Wildman–Crippen LogP) is -2.72. The maximum Gasteiger partial charge on any atom is 0.385 e. The number of hydrogen-bond donors (Lipinski definition) is 0. The van der Waals surface area contributed by atoms with E-state index in [0.717, 1.165) is 0 Å². The van der Waals surface area contributed by atoms with Gasteiger partial charge in [-0.15, -0.1) is 0 Å². The van der Waals surface area contributed by atoms with E-state index in [-0.39, 0.29) is 11.4 Å². The minimum absolute atomic E-state index is 0.237. The van der Waals surface area contributed by atoms with Crippen molar-refractivity contribution in [3.05, 3.63) is 21.0 Å². The molecule has 0 aliphatic heterocycles. The van der Waals surface area contributed by atoms with E-state index in [1.165, 1.54) is 12.9 Å². The summed E-state index contributed by atoms with van der Waals surface area (Å²) in [4.78, 5) is 21.9. The summed E-state index contributed by atoms with van der Waals surface area (Å²) in [5.74, 6) is 0. The van der Waals surface area contributed by atoms with Crippen molar-refractivity contribution in [2.75, 3.05) is 0 Å². The van der Waals surface area contributed by atoms with Crippen molar-refractivity contribution in [3.8, 4) is 0 Å². The number of rotatable bonds is 0. The molecule has 1 aromatic rings. The van der Waals surface area contributed by atoms with E-state index in [1.54, 1.807) is 14.1 Å². The van der Waals surface area contributed by atoms with Crippen LogP contribution in [0.3, 0.4) is 0 Å². The topological polar surface area (TPSA) is 48.9 Å². The molecular formula is C4H8AlN3O2. The molecule has 0 fully saturated rings. The van der Waals surface area contributed by atoms with Gasteiger partial charge >= 0.3 is 27.9 Å². The van der Waals surface area contributed by atoms with Crippen LogP contribution in [0, 0.1) is 0 Å². The molecule has 0 bridgehead atoms. The zero-order valence-electron chi connectivity index (χ0n) is 6.16. The lowest BCUT2D eigenvalue weighted by Gasteiger charge is -1.91. The highest BCUT2D eigenvalue weighted by Crippen LogP contribution is 1.63. The molecule has 54 valence electrons. The van der Waals surface area contributed by atoms with Crippen molar-refractivity contribution in [2.45, 2.75) is 0 Å². The Morgan fingerprint density at radius 3 is 1.50 bits per heavy atom. The first-order valence-corrected chi connectivity index (χ1v) is 3.74. The van der Waals surface area contributed by atoms with Crippen LogP contribution in [0.2, 0.25) is 0 Å². The van der Waals surface area contributed by atoms with Crippen LogP contribution in [0.5, 0.6) is 0 Å². The van der Waals surface area contributed by atoms with Gasteiger partial charge in [-0.3, -0.25) is 0 Å². The van der Waals surface area contributed by atoms with Gasteiger partial charge in [0, 0.05) is 14.1 Å². The molecule has 1 heterocycles. The Morgan fingerprint density at radius 1 is 1.10 bits per heavy atom. The summed E-state index contributed by atoms with van der Waals surface area (Å²) in [5.41, 5.74) is -0.474. The van der Waals surface area contributed by atoms with Crippen molar-refractivity contribution in [1.82, 2.24) is 12.9 Å². The maximum atomic E-state index is 11.0. The van der Waals surface area contributed by atoms with E-state index in [9.17, 15) is 9.59 Å². The van der Waals surface area contributed by atoms with Gasteiger partial charge in [0.15, 0.2) is 0 Å². The van der Waals surface area contributed by atoms with E-state index in [2.05, 4.69) is 0 Å². The van der Waals surface area contributed by atoms with Crippen LogP contribution in [0.25, 0.3) is 0 Å². The molecule has 5 nitrogen and oxygen atoms in total. The summed E-state index contributed by atoms with van der Waals surface area (Å²) < 4.78 is 3.77. The van der Waals surface area contributed by atoms with Crippen LogP contribution in [0.4, 0.5) is 0 Å². The fourth-order valence-corrected chi connectivity index (χ4v) is 1.35. The third-order valence-corrected chi connectivity index (χ3v) is 2.34. The van der Waals surface area contributed by atoms with Crippen LogP contribution in [0.15, 0.2) is 9.59 Å². The first-order valence-electron chi connectivity index (χ1n) is 2.84. The fourth-order valence-electron chi connectivity index (χ4n) is 0.773. The Labute approximate surface area is 65.1 Å². The molecule has 0 spiro atoms. The van der Waals surface area contributed by atoms with Gasteiger partial charge in [-0.2, -0.15) is 0 Å². The second kappa shape index (κ2) is 2.15. The lowest BCUT2D eigenvalue weighted by atomic mass is 11.2. The van der Waals surface area contributed by atoms with Crippen molar-refractivity contribution in [2.24, 2.45) is 14.1 Å². The largest absolute Gasteiger partial charge is 0.385 e. The van der Waals surface area contributed by atoms with Crippen molar-refractivity contribution < 1.29 is 0 Å². The molecular weight excluding hydrogens is 149 g/mol. The molecule has 0 saturated carbocycles. The monoisotopic (exact) mass is 157 g/mol. The summed E-state index contributed by atoms with van der Waals surface area (Å²) in [5, 5.41) is 0. The molecule has 0 aliphatic carbocycles. The second-order valence-electron chi connectivity index (χ2n) is 2.17.